The molecular weight excluding hydrogens is 284 g/mol. The molecule has 0 aromatic heterocycles. The first-order chi connectivity index (χ1) is 10.3. The Kier molecular flexibility index (Phi) is 3.44. The number of rotatable bonds is 1. The third kappa shape index (κ3) is 2.02. The van der Waals surface area contributed by atoms with Gasteiger partial charge in [-0.15, -0.1) is 0 Å². The Morgan fingerprint density at radius 3 is 2.86 bits per heavy atom. The summed E-state index contributed by atoms with van der Waals surface area (Å²) in [7, 11) is 0. The maximum atomic E-state index is 11.9. The van der Waals surface area contributed by atoms with Crippen LogP contribution in [-0.4, -0.2) is 35.4 Å². The van der Waals surface area contributed by atoms with Crippen molar-refractivity contribution in [3.63, 3.8) is 0 Å². The number of aliphatic hydroxyl groups excluding tert-OH is 1. The third-order valence-electron chi connectivity index (χ3n) is 5.55. The summed E-state index contributed by atoms with van der Waals surface area (Å²) in [4.78, 5) is 23.3. The first-order valence-corrected chi connectivity index (χ1v) is 7.67. The van der Waals surface area contributed by atoms with Gasteiger partial charge in [-0.2, -0.15) is 0 Å². The van der Waals surface area contributed by atoms with Gasteiger partial charge in [0.15, 0.2) is 0 Å². The van der Waals surface area contributed by atoms with Crippen molar-refractivity contribution in [1.29, 1.82) is 0 Å². The largest absolute Gasteiger partial charge is 0.462 e. The SMILES string of the molecule is C=C1C(=O)O[C@H]2[C@H]1[C@@H](O)C[C@@]1(C)[C@@H](OC(C)=O)CC=C(C)[C@H]21. The summed E-state index contributed by atoms with van der Waals surface area (Å²) in [5.41, 5.74) is 1.02. The van der Waals surface area contributed by atoms with Gasteiger partial charge in [0.25, 0.3) is 0 Å². The number of hydrogen-bond acceptors (Lipinski definition) is 5. The van der Waals surface area contributed by atoms with Crippen LogP contribution in [0.3, 0.4) is 0 Å². The minimum absolute atomic E-state index is 0.0674. The smallest absolute Gasteiger partial charge is 0.334 e. The average Bonchev–Trinajstić information content (AvgIpc) is 2.69. The highest BCUT2D eigenvalue weighted by molar-refractivity contribution is 5.91. The molecule has 1 N–H and O–H groups in total. The molecule has 5 heteroatoms. The zero-order valence-corrected chi connectivity index (χ0v) is 13.2. The van der Waals surface area contributed by atoms with E-state index in [9.17, 15) is 14.7 Å². The molecule has 1 aliphatic heterocycles. The lowest BCUT2D eigenvalue weighted by atomic mass is 9.54. The van der Waals surface area contributed by atoms with Gasteiger partial charge >= 0.3 is 11.9 Å². The van der Waals surface area contributed by atoms with Gasteiger partial charge in [-0.25, -0.2) is 4.79 Å². The minimum Gasteiger partial charge on any atom is -0.462 e. The van der Waals surface area contributed by atoms with Crippen molar-refractivity contribution in [2.24, 2.45) is 17.3 Å². The second kappa shape index (κ2) is 4.95. The van der Waals surface area contributed by atoms with Gasteiger partial charge in [0, 0.05) is 30.3 Å². The van der Waals surface area contributed by atoms with Crippen LogP contribution < -0.4 is 0 Å². The van der Waals surface area contributed by atoms with Gasteiger partial charge in [-0.05, 0) is 13.3 Å². The molecule has 5 nitrogen and oxygen atoms in total. The van der Waals surface area contributed by atoms with Gasteiger partial charge in [0.2, 0.25) is 0 Å². The van der Waals surface area contributed by atoms with Crippen molar-refractivity contribution in [3.05, 3.63) is 23.8 Å². The highest BCUT2D eigenvalue weighted by atomic mass is 16.6. The van der Waals surface area contributed by atoms with E-state index in [0.717, 1.165) is 5.57 Å². The average molecular weight is 306 g/mol. The van der Waals surface area contributed by atoms with Gasteiger partial charge in [0.05, 0.1) is 12.0 Å². The highest BCUT2D eigenvalue weighted by Gasteiger charge is 2.61. The number of carbonyl (C=O) groups excluding carboxylic acids is 2. The van der Waals surface area contributed by atoms with Crippen molar-refractivity contribution >= 4 is 11.9 Å². The molecule has 120 valence electrons. The standard InChI is InChI=1S/C17H22O5/c1-8-5-6-12(21-10(3)18)17(4)7-11(19)13-9(2)16(20)22-15(13)14(8)17/h5,11-15,19H,2,6-7H2,1,3-4H3/t11-,12-,13+,14+,15-,17-/m0/s1. The lowest BCUT2D eigenvalue weighted by molar-refractivity contribution is -0.176. The van der Waals surface area contributed by atoms with E-state index < -0.39 is 23.6 Å². The second-order valence-corrected chi connectivity index (χ2v) is 6.96. The Bertz CT molecular complexity index is 578. The van der Waals surface area contributed by atoms with Gasteiger partial charge < -0.3 is 14.6 Å². The van der Waals surface area contributed by atoms with Crippen LogP contribution in [0.1, 0.15) is 33.6 Å². The Labute approximate surface area is 130 Å². The second-order valence-electron chi connectivity index (χ2n) is 6.96. The minimum atomic E-state index is -0.714. The van der Waals surface area contributed by atoms with E-state index in [0.29, 0.717) is 18.4 Å². The van der Waals surface area contributed by atoms with Crippen LogP contribution in [0.5, 0.6) is 0 Å². The predicted octanol–water partition coefficient (Wildman–Crippen LogP) is 1.75. The van der Waals surface area contributed by atoms with Crippen molar-refractivity contribution in [2.75, 3.05) is 0 Å². The number of hydrogen-bond donors (Lipinski definition) is 1. The molecular formula is C17H22O5. The van der Waals surface area contributed by atoms with E-state index in [1.54, 1.807) is 0 Å². The summed E-state index contributed by atoms with van der Waals surface area (Å²) in [6.45, 7) is 9.20. The number of fused-ring (bicyclic) bond motifs is 3. The zero-order chi connectivity index (χ0) is 16.2. The number of carbonyl (C=O) groups is 2. The maximum Gasteiger partial charge on any atom is 0.334 e. The predicted molar refractivity (Wildman–Crippen MR) is 78.7 cm³/mol. The Morgan fingerprint density at radius 2 is 2.23 bits per heavy atom. The molecule has 0 spiro atoms. The van der Waals surface area contributed by atoms with Crippen LogP contribution in [-0.2, 0) is 19.1 Å². The lowest BCUT2D eigenvalue weighted by Crippen LogP contribution is -2.57. The summed E-state index contributed by atoms with van der Waals surface area (Å²) < 4.78 is 11.0. The maximum absolute atomic E-state index is 11.9. The first-order valence-electron chi connectivity index (χ1n) is 7.67. The van der Waals surface area contributed by atoms with Crippen molar-refractivity contribution in [3.8, 4) is 0 Å². The topological polar surface area (TPSA) is 72.8 Å². The number of aliphatic hydroxyl groups is 1. The molecule has 2 fully saturated rings. The molecule has 6 atom stereocenters. The molecule has 3 aliphatic rings. The third-order valence-corrected chi connectivity index (χ3v) is 5.55. The molecule has 0 aromatic carbocycles. The molecule has 1 saturated heterocycles. The van der Waals surface area contributed by atoms with E-state index in [1.165, 1.54) is 6.92 Å². The Balaban J connectivity index is 2.03. The Morgan fingerprint density at radius 1 is 1.55 bits per heavy atom. The summed E-state index contributed by atoms with van der Waals surface area (Å²) in [6.07, 6.45) is 1.66. The van der Waals surface area contributed by atoms with Crippen LogP contribution >= 0.6 is 0 Å². The fourth-order valence-corrected chi connectivity index (χ4v) is 4.60. The molecule has 3 rings (SSSR count). The van der Waals surface area contributed by atoms with Gasteiger partial charge in [-0.1, -0.05) is 25.2 Å². The van der Waals surface area contributed by atoms with E-state index >= 15 is 0 Å². The summed E-state index contributed by atoms with van der Waals surface area (Å²) >= 11 is 0. The van der Waals surface area contributed by atoms with Crippen molar-refractivity contribution in [1.82, 2.24) is 0 Å². The molecule has 0 amide bonds. The van der Waals surface area contributed by atoms with Gasteiger partial charge in [-0.3, -0.25) is 4.79 Å². The molecule has 0 radical (unpaired) electrons. The van der Waals surface area contributed by atoms with Gasteiger partial charge in [0.1, 0.15) is 12.2 Å². The van der Waals surface area contributed by atoms with E-state index in [4.69, 9.17) is 9.47 Å². The molecule has 2 aliphatic carbocycles. The summed E-state index contributed by atoms with van der Waals surface area (Å²) in [6, 6.07) is 0. The molecule has 0 unspecified atom stereocenters. The number of ether oxygens (including phenoxy) is 2. The summed E-state index contributed by atoms with van der Waals surface area (Å²) in [5.74, 6) is -1.20. The number of esters is 2. The van der Waals surface area contributed by atoms with E-state index in [1.807, 2.05) is 19.9 Å². The van der Waals surface area contributed by atoms with Crippen molar-refractivity contribution < 1.29 is 24.2 Å². The van der Waals surface area contributed by atoms with Crippen LogP contribution in [0.2, 0.25) is 0 Å². The van der Waals surface area contributed by atoms with E-state index in [-0.39, 0.29) is 23.9 Å². The van der Waals surface area contributed by atoms with Crippen LogP contribution in [0, 0.1) is 17.3 Å². The first kappa shape index (κ1) is 15.3. The zero-order valence-electron chi connectivity index (χ0n) is 13.2. The molecule has 22 heavy (non-hydrogen) atoms. The lowest BCUT2D eigenvalue weighted by Gasteiger charge is -2.53. The normalized spacial score (nSPS) is 43.8. The van der Waals surface area contributed by atoms with E-state index in [2.05, 4.69) is 6.58 Å². The molecule has 1 heterocycles. The highest BCUT2D eigenvalue weighted by Crippen LogP contribution is 2.56. The molecule has 1 saturated carbocycles. The monoisotopic (exact) mass is 306 g/mol. The Hall–Kier alpha value is -1.62. The summed E-state index contributed by atoms with van der Waals surface area (Å²) in [5, 5.41) is 10.6. The fourth-order valence-electron chi connectivity index (χ4n) is 4.60. The molecule has 0 aromatic rings. The van der Waals surface area contributed by atoms with Crippen LogP contribution in [0.4, 0.5) is 0 Å². The van der Waals surface area contributed by atoms with Crippen LogP contribution in [0.25, 0.3) is 0 Å². The quantitative estimate of drug-likeness (QED) is 0.454. The fraction of sp³-hybridized carbons (Fsp3) is 0.647. The molecule has 0 bridgehead atoms. The van der Waals surface area contributed by atoms with Crippen LogP contribution in [0.15, 0.2) is 23.8 Å². The van der Waals surface area contributed by atoms with Crippen molar-refractivity contribution in [2.45, 2.75) is 51.9 Å².